The lowest BCUT2D eigenvalue weighted by Gasteiger charge is -2.38. The first-order valence-electron chi connectivity index (χ1n) is 11.2. The average Bonchev–Trinajstić information content (AvgIpc) is 3.51. The van der Waals surface area contributed by atoms with E-state index >= 15 is 0 Å². The highest BCUT2D eigenvalue weighted by Crippen LogP contribution is 2.29. The van der Waals surface area contributed by atoms with Gasteiger partial charge in [0.1, 0.15) is 22.4 Å². The van der Waals surface area contributed by atoms with Gasteiger partial charge in [-0.1, -0.05) is 6.07 Å². The molecule has 34 heavy (non-hydrogen) atoms. The minimum atomic E-state index is -3.94. The molecule has 0 saturated carbocycles. The molecule has 0 radical (unpaired) electrons. The number of aryl methyl sites for hydroxylation is 1. The molecule has 1 amide bonds. The van der Waals surface area contributed by atoms with Crippen molar-refractivity contribution in [2.45, 2.75) is 23.8 Å². The predicted octanol–water partition coefficient (Wildman–Crippen LogP) is 1.32. The topological polar surface area (TPSA) is 101 Å². The maximum absolute atomic E-state index is 13.4. The van der Waals surface area contributed by atoms with Crippen LogP contribution in [0.5, 0.6) is 5.75 Å². The fourth-order valence-electron chi connectivity index (χ4n) is 4.60. The van der Waals surface area contributed by atoms with Crippen LogP contribution in [-0.2, 0) is 26.6 Å². The van der Waals surface area contributed by atoms with Crippen molar-refractivity contribution in [1.82, 2.24) is 13.8 Å². The summed E-state index contributed by atoms with van der Waals surface area (Å²) in [5.74, 6) is -0.0125. The summed E-state index contributed by atoms with van der Waals surface area (Å²) in [5, 5.41) is 0. The van der Waals surface area contributed by atoms with E-state index < -0.39 is 22.0 Å². The molecule has 0 bridgehead atoms. The van der Waals surface area contributed by atoms with Crippen molar-refractivity contribution in [3.63, 3.8) is 0 Å². The van der Waals surface area contributed by atoms with Gasteiger partial charge in [-0.05, 0) is 31.0 Å². The van der Waals surface area contributed by atoms with E-state index in [4.69, 9.17) is 9.47 Å². The minimum absolute atomic E-state index is 0.0158. The molecule has 3 heterocycles. The minimum Gasteiger partial charge on any atom is -0.497 e. The van der Waals surface area contributed by atoms with Crippen molar-refractivity contribution in [1.29, 1.82) is 0 Å². The second-order valence-corrected chi connectivity index (χ2v) is 10.3. The highest BCUT2D eigenvalue weighted by molar-refractivity contribution is 7.89. The number of hydrogen-bond acceptors (Lipinski definition) is 7. The quantitative estimate of drug-likeness (QED) is 0.563. The fourth-order valence-corrected chi connectivity index (χ4v) is 6.32. The molecule has 0 spiro atoms. The summed E-state index contributed by atoms with van der Waals surface area (Å²) in [6.07, 6.45) is 2.47. The number of ether oxygens (including phenoxy) is 2. The predicted molar refractivity (Wildman–Crippen MR) is 125 cm³/mol. The van der Waals surface area contributed by atoms with Crippen LogP contribution in [0.3, 0.4) is 0 Å². The van der Waals surface area contributed by atoms with Crippen molar-refractivity contribution in [2.75, 3.05) is 51.8 Å². The third kappa shape index (κ3) is 4.49. The van der Waals surface area contributed by atoms with Gasteiger partial charge in [-0.3, -0.25) is 4.79 Å². The first-order valence-corrected chi connectivity index (χ1v) is 12.6. The van der Waals surface area contributed by atoms with E-state index in [2.05, 4.69) is 4.90 Å². The first-order chi connectivity index (χ1) is 16.3. The lowest BCUT2D eigenvalue weighted by atomic mass is 10.1. The number of anilines is 1. The fraction of sp³-hybridized carbons (Fsp3) is 0.478. The third-order valence-electron chi connectivity index (χ3n) is 6.48. The maximum Gasteiger partial charge on any atom is 0.354 e. The number of piperazine rings is 1. The van der Waals surface area contributed by atoms with Crippen molar-refractivity contribution < 1.29 is 27.5 Å². The van der Waals surface area contributed by atoms with Crippen LogP contribution in [0.15, 0.2) is 41.4 Å². The molecule has 4 rings (SSSR count). The van der Waals surface area contributed by atoms with Gasteiger partial charge in [-0.25, -0.2) is 13.2 Å². The van der Waals surface area contributed by atoms with Crippen molar-refractivity contribution in [2.24, 2.45) is 7.05 Å². The summed E-state index contributed by atoms with van der Waals surface area (Å²) in [5.41, 5.74) is 1.17. The average molecular weight is 491 g/mol. The smallest absolute Gasteiger partial charge is 0.354 e. The molecule has 10 nitrogen and oxygen atoms in total. The van der Waals surface area contributed by atoms with Crippen LogP contribution in [0.1, 0.15) is 23.3 Å². The summed E-state index contributed by atoms with van der Waals surface area (Å²) in [6.45, 7) is 2.60. The van der Waals surface area contributed by atoms with Gasteiger partial charge >= 0.3 is 5.97 Å². The molecule has 184 valence electrons. The Hall–Kier alpha value is -3.05. The van der Waals surface area contributed by atoms with Gasteiger partial charge in [0.05, 0.1) is 14.2 Å². The SMILES string of the molecule is COC(=O)c1cc(S(=O)(=O)N2CCC[C@@H]2C(=O)N2CCN(c3cccc(OC)c3)CC2)cn1C. The number of methoxy groups -OCH3 is 2. The first kappa shape index (κ1) is 24.1. The van der Waals surface area contributed by atoms with Gasteiger partial charge in [-0.2, -0.15) is 4.31 Å². The van der Waals surface area contributed by atoms with Gasteiger partial charge in [0.2, 0.25) is 15.9 Å². The van der Waals surface area contributed by atoms with Crippen LogP contribution in [0, 0.1) is 0 Å². The molecule has 2 saturated heterocycles. The van der Waals surface area contributed by atoms with Crippen molar-refractivity contribution in [3.8, 4) is 5.75 Å². The number of carbonyl (C=O) groups is 2. The maximum atomic E-state index is 13.4. The Bertz CT molecular complexity index is 1170. The van der Waals surface area contributed by atoms with E-state index in [0.29, 0.717) is 39.0 Å². The molecule has 0 aliphatic carbocycles. The number of sulfonamides is 1. The lowest BCUT2D eigenvalue weighted by Crippen LogP contribution is -2.54. The monoisotopic (exact) mass is 490 g/mol. The van der Waals surface area contributed by atoms with E-state index in [9.17, 15) is 18.0 Å². The number of rotatable bonds is 6. The zero-order valence-corrected chi connectivity index (χ0v) is 20.5. The van der Waals surface area contributed by atoms with Crippen LogP contribution in [0.25, 0.3) is 0 Å². The second kappa shape index (κ2) is 9.67. The van der Waals surface area contributed by atoms with Crippen molar-refractivity contribution >= 4 is 27.6 Å². The zero-order chi connectivity index (χ0) is 24.5. The summed E-state index contributed by atoms with van der Waals surface area (Å²) in [6, 6.07) is 8.35. The Morgan fingerprint density at radius 3 is 2.44 bits per heavy atom. The van der Waals surface area contributed by atoms with Crippen LogP contribution >= 0.6 is 0 Å². The molecule has 2 aliphatic rings. The molecule has 2 aromatic rings. The number of hydrogen-bond donors (Lipinski definition) is 0. The molecule has 2 fully saturated rings. The van der Waals surface area contributed by atoms with Gasteiger partial charge in [-0.15, -0.1) is 0 Å². The Kier molecular flexibility index (Phi) is 6.85. The summed E-state index contributed by atoms with van der Waals surface area (Å²) in [7, 11) is 0.510. The molecule has 2 aliphatic heterocycles. The zero-order valence-electron chi connectivity index (χ0n) is 19.6. The number of amides is 1. The van der Waals surface area contributed by atoms with Gasteiger partial charge < -0.3 is 23.8 Å². The third-order valence-corrected chi connectivity index (χ3v) is 8.35. The largest absolute Gasteiger partial charge is 0.497 e. The second-order valence-electron chi connectivity index (χ2n) is 8.45. The van der Waals surface area contributed by atoms with Crippen LogP contribution in [0.4, 0.5) is 5.69 Å². The normalized spacial score (nSPS) is 19.3. The molecular formula is C23H30N4O6S. The highest BCUT2D eigenvalue weighted by atomic mass is 32.2. The van der Waals surface area contributed by atoms with Crippen LogP contribution in [-0.4, -0.2) is 87.1 Å². The van der Waals surface area contributed by atoms with Gasteiger partial charge in [0, 0.05) is 57.7 Å². The Morgan fingerprint density at radius 1 is 1.03 bits per heavy atom. The van der Waals surface area contributed by atoms with E-state index in [1.165, 1.54) is 28.2 Å². The lowest BCUT2D eigenvalue weighted by molar-refractivity contribution is -0.134. The Labute approximate surface area is 199 Å². The molecule has 1 atom stereocenters. The van der Waals surface area contributed by atoms with Gasteiger partial charge in [0.15, 0.2) is 0 Å². The molecule has 1 aromatic carbocycles. The summed E-state index contributed by atoms with van der Waals surface area (Å²) < 4.78 is 39.5. The van der Waals surface area contributed by atoms with E-state index in [1.54, 1.807) is 19.1 Å². The van der Waals surface area contributed by atoms with E-state index in [-0.39, 0.29) is 23.0 Å². The highest BCUT2D eigenvalue weighted by Gasteiger charge is 2.42. The molecule has 0 N–H and O–H groups in total. The Morgan fingerprint density at radius 2 is 1.76 bits per heavy atom. The molecule has 1 aromatic heterocycles. The summed E-state index contributed by atoms with van der Waals surface area (Å²) in [4.78, 5) is 29.2. The van der Waals surface area contributed by atoms with Crippen LogP contribution < -0.4 is 9.64 Å². The number of benzene rings is 1. The molecule has 11 heteroatoms. The molecular weight excluding hydrogens is 460 g/mol. The number of carbonyl (C=O) groups excluding carboxylic acids is 2. The van der Waals surface area contributed by atoms with E-state index in [0.717, 1.165) is 11.4 Å². The Balaban J connectivity index is 1.46. The van der Waals surface area contributed by atoms with Crippen LogP contribution in [0.2, 0.25) is 0 Å². The number of esters is 1. The number of aromatic nitrogens is 1. The van der Waals surface area contributed by atoms with Crippen molar-refractivity contribution in [3.05, 3.63) is 42.2 Å². The molecule has 0 unspecified atom stereocenters. The standard InChI is InChI=1S/C23H30N4O6S/c1-24-16-19(15-21(24)23(29)33-3)34(30,31)27-9-5-8-20(27)22(28)26-12-10-25(11-13-26)17-6-4-7-18(14-17)32-2/h4,6-7,14-16,20H,5,8-13H2,1-3H3/t20-/m1/s1. The van der Waals surface area contributed by atoms with E-state index in [1.807, 2.05) is 24.3 Å². The van der Waals surface area contributed by atoms with Gasteiger partial charge in [0.25, 0.3) is 0 Å². The summed E-state index contributed by atoms with van der Waals surface area (Å²) >= 11 is 0. The number of nitrogens with zero attached hydrogens (tertiary/aromatic N) is 4.